The second kappa shape index (κ2) is 7.14. The maximum Gasteiger partial charge on any atom is 0.141 e. The second-order valence-corrected chi connectivity index (χ2v) is 4.19. The summed E-state index contributed by atoms with van der Waals surface area (Å²) >= 11 is 0. The van der Waals surface area contributed by atoms with E-state index in [0.717, 1.165) is 24.5 Å². The third-order valence-corrected chi connectivity index (χ3v) is 2.38. The molecule has 0 aromatic heterocycles. The fourth-order valence-electron chi connectivity index (χ4n) is 1.64. The molecule has 0 bridgehead atoms. The van der Waals surface area contributed by atoms with Crippen LogP contribution in [0.4, 0.5) is 5.69 Å². The van der Waals surface area contributed by atoms with Crippen molar-refractivity contribution in [1.82, 2.24) is 4.90 Å². The Bertz CT molecular complexity index is 340. The highest BCUT2D eigenvalue weighted by Crippen LogP contribution is 2.25. The molecule has 0 atom stereocenters. The van der Waals surface area contributed by atoms with Crippen LogP contribution in [0.1, 0.15) is 5.56 Å². The normalized spacial score (nSPS) is 10.6. The van der Waals surface area contributed by atoms with E-state index in [9.17, 15) is 0 Å². The first-order valence-electron chi connectivity index (χ1n) is 5.72. The van der Waals surface area contributed by atoms with Crippen LogP contribution in [0.2, 0.25) is 0 Å². The molecule has 0 unspecified atom stereocenters. The third kappa shape index (κ3) is 4.63. The molecule has 0 aliphatic rings. The molecule has 1 rings (SSSR count). The molecule has 0 aliphatic carbocycles. The van der Waals surface area contributed by atoms with Crippen LogP contribution in [-0.4, -0.2) is 46.4 Å². The van der Waals surface area contributed by atoms with Gasteiger partial charge in [-0.1, -0.05) is 6.07 Å². The maximum absolute atomic E-state index is 5.32. The fourth-order valence-corrected chi connectivity index (χ4v) is 1.64. The Morgan fingerprint density at radius 2 is 2.00 bits per heavy atom. The van der Waals surface area contributed by atoms with Crippen molar-refractivity contribution in [2.75, 3.05) is 46.8 Å². The van der Waals surface area contributed by atoms with E-state index in [0.29, 0.717) is 6.61 Å². The summed E-state index contributed by atoms with van der Waals surface area (Å²) in [6.45, 7) is 2.38. The van der Waals surface area contributed by atoms with Crippen molar-refractivity contribution in [2.45, 2.75) is 6.54 Å². The van der Waals surface area contributed by atoms with E-state index in [4.69, 9.17) is 9.47 Å². The lowest BCUT2D eigenvalue weighted by Crippen LogP contribution is -2.12. The first kappa shape index (κ1) is 13.8. The molecule has 0 saturated carbocycles. The Labute approximate surface area is 104 Å². The van der Waals surface area contributed by atoms with Gasteiger partial charge in [0.25, 0.3) is 0 Å². The number of rotatable bonds is 7. The van der Waals surface area contributed by atoms with Crippen molar-refractivity contribution in [3.05, 3.63) is 23.8 Å². The first-order chi connectivity index (χ1) is 8.17. The van der Waals surface area contributed by atoms with E-state index >= 15 is 0 Å². The van der Waals surface area contributed by atoms with Crippen molar-refractivity contribution in [3.63, 3.8) is 0 Å². The second-order valence-electron chi connectivity index (χ2n) is 4.19. The van der Waals surface area contributed by atoms with Crippen molar-refractivity contribution >= 4 is 5.69 Å². The minimum atomic E-state index is 0.682. The molecule has 0 saturated heterocycles. The largest absolute Gasteiger partial charge is 0.495 e. The van der Waals surface area contributed by atoms with Gasteiger partial charge < -0.3 is 19.7 Å². The number of hydrogen-bond donors (Lipinski definition) is 1. The summed E-state index contributed by atoms with van der Waals surface area (Å²) < 4.78 is 10.3. The van der Waals surface area contributed by atoms with Crippen LogP contribution in [0.15, 0.2) is 18.2 Å². The molecule has 0 fully saturated rings. The topological polar surface area (TPSA) is 33.7 Å². The highest BCUT2D eigenvalue weighted by Gasteiger charge is 2.04. The van der Waals surface area contributed by atoms with Crippen molar-refractivity contribution < 1.29 is 9.47 Å². The Kier molecular flexibility index (Phi) is 5.80. The van der Waals surface area contributed by atoms with Crippen molar-refractivity contribution in [3.8, 4) is 5.75 Å². The molecule has 1 aromatic carbocycles. The van der Waals surface area contributed by atoms with Crippen LogP contribution in [0.5, 0.6) is 5.75 Å². The van der Waals surface area contributed by atoms with E-state index in [1.807, 2.05) is 6.07 Å². The molecule has 0 aliphatic heterocycles. The predicted octanol–water partition coefficient (Wildman–Crippen LogP) is 1.82. The number of nitrogens with zero attached hydrogens (tertiary/aromatic N) is 1. The zero-order valence-corrected chi connectivity index (χ0v) is 11.1. The van der Waals surface area contributed by atoms with Crippen molar-refractivity contribution in [2.24, 2.45) is 0 Å². The number of methoxy groups -OCH3 is 2. The van der Waals surface area contributed by atoms with Gasteiger partial charge in [0, 0.05) is 20.2 Å². The van der Waals surface area contributed by atoms with Gasteiger partial charge in [0.15, 0.2) is 0 Å². The van der Waals surface area contributed by atoms with Crippen LogP contribution in [0, 0.1) is 0 Å². The number of benzene rings is 1. The highest BCUT2D eigenvalue weighted by molar-refractivity contribution is 5.58. The average molecular weight is 238 g/mol. The smallest absolute Gasteiger partial charge is 0.141 e. The number of nitrogens with one attached hydrogen (secondary N) is 1. The predicted molar refractivity (Wildman–Crippen MR) is 70.8 cm³/mol. The van der Waals surface area contributed by atoms with Gasteiger partial charge in [0.1, 0.15) is 5.75 Å². The lowest BCUT2D eigenvalue weighted by molar-refractivity contribution is 0.210. The molecular weight excluding hydrogens is 216 g/mol. The first-order valence-corrected chi connectivity index (χ1v) is 5.72. The summed E-state index contributed by atoms with van der Waals surface area (Å²) in [4.78, 5) is 2.14. The van der Waals surface area contributed by atoms with Crippen LogP contribution in [0.25, 0.3) is 0 Å². The lowest BCUT2D eigenvalue weighted by Gasteiger charge is -2.15. The van der Waals surface area contributed by atoms with E-state index in [1.165, 1.54) is 5.56 Å². The number of ether oxygens (including phenoxy) is 2. The molecule has 0 amide bonds. The van der Waals surface area contributed by atoms with Gasteiger partial charge >= 0.3 is 0 Å². The van der Waals surface area contributed by atoms with Gasteiger partial charge in [-0.15, -0.1) is 0 Å². The third-order valence-electron chi connectivity index (χ3n) is 2.38. The van der Waals surface area contributed by atoms with Crippen molar-refractivity contribution in [1.29, 1.82) is 0 Å². The van der Waals surface area contributed by atoms with E-state index < -0.39 is 0 Å². The van der Waals surface area contributed by atoms with Crippen LogP contribution in [0.3, 0.4) is 0 Å². The molecule has 0 spiro atoms. The molecule has 0 radical (unpaired) electrons. The summed E-state index contributed by atoms with van der Waals surface area (Å²) in [5, 5.41) is 3.31. The maximum atomic E-state index is 5.32. The molecule has 1 N–H and O–H groups in total. The van der Waals surface area contributed by atoms with Gasteiger partial charge in [-0.25, -0.2) is 0 Å². The molecule has 96 valence electrons. The summed E-state index contributed by atoms with van der Waals surface area (Å²) in [6, 6.07) is 6.20. The van der Waals surface area contributed by atoms with Gasteiger partial charge in [-0.05, 0) is 31.8 Å². The van der Waals surface area contributed by atoms with Gasteiger partial charge in [0.2, 0.25) is 0 Å². The molecule has 4 heteroatoms. The van der Waals surface area contributed by atoms with Crippen LogP contribution >= 0.6 is 0 Å². The molecule has 1 aromatic rings. The van der Waals surface area contributed by atoms with E-state index in [-0.39, 0.29) is 0 Å². The van der Waals surface area contributed by atoms with Gasteiger partial charge in [-0.2, -0.15) is 0 Å². The zero-order chi connectivity index (χ0) is 12.7. The summed E-state index contributed by atoms with van der Waals surface area (Å²) in [5.74, 6) is 0.864. The highest BCUT2D eigenvalue weighted by atomic mass is 16.5. The molecular formula is C13H22N2O2. The number of hydrogen-bond acceptors (Lipinski definition) is 4. The fraction of sp³-hybridized carbons (Fsp3) is 0.538. The van der Waals surface area contributed by atoms with Gasteiger partial charge in [-0.3, -0.25) is 0 Å². The number of anilines is 1. The molecule has 0 heterocycles. The summed E-state index contributed by atoms with van der Waals surface area (Å²) in [6.07, 6.45) is 0. The van der Waals surface area contributed by atoms with Gasteiger partial charge in [0.05, 0.1) is 19.4 Å². The zero-order valence-electron chi connectivity index (χ0n) is 11.1. The molecule has 17 heavy (non-hydrogen) atoms. The SMILES string of the molecule is COCCNc1cc(CN(C)C)ccc1OC. The van der Waals surface area contributed by atoms with E-state index in [1.54, 1.807) is 14.2 Å². The van der Waals surface area contributed by atoms with Crippen LogP contribution < -0.4 is 10.1 Å². The minimum Gasteiger partial charge on any atom is -0.495 e. The Morgan fingerprint density at radius 1 is 1.24 bits per heavy atom. The summed E-state index contributed by atoms with van der Waals surface area (Å²) in [7, 11) is 7.49. The molecule has 4 nitrogen and oxygen atoms in total. The summed E-state index contributed by atoms with van der Waals surface area (Å²) in [5.41, 5.74) is 2.28. The van der Waals surface area contributed by atoms with Crippen LogP contribution in [-0.2, 0) is 11.3 Å². The average Bonchev–Trinajstić information content (AvgIpc) is 2.29. The minimum absolute atomic E-state index is 0.682. The Morgan fingerprint density at radius 3 is 2.59 bits per heavy atom. The van der Waals surface area contributed by atoms with E-state index in [2.05, 4.69) is 36.4 Å². The monoisotopic (exact) mass is 238 g/mol. The standard InChI is InChI=1S/C13H22N2O2/c1-15(2)10-11-5-6-13(17-4)12(9-11)14-7-8-16-3/h5-6,9,14H,7-8,10H2,1-4H3. The Hall–Kier alpha value is -1.26. The lowest BCUT2D eigenvalue weighted by atomic mass is 10.1. The Balaban J connectivity index is 2.75. The quantitative estimate of drug-likeness (QED) is 0.735.